The fourth-order valence-electron chi connectivity index (χ4n) is 2.41. The van der Waals surface area contributed by atoms with Crippen LogP contribution in [0.5, 0.6) is 0 Å². The van der Waals surface area contributed by atoms with Crippen molar-refractivity contribution in [3.05, 3.63) is 30.2 Å². The van der Waals surface area contributed by atoms with Crippen LogP contribution in [0.15, 0.2) is 28.9 Å². The van der Waals surface area contributed by atoms with Crippen LogP contribution in [0.2, 0.25) is 0 Å². The monoisotopic (exact) mass is 350 g/mol. The number of likely N-dealkylation sites (tertiary alicyclic amines) is 1. The smallest absolute Gasteiger partial charge is 0.409 e. The molecular formula is C17H22N2O6. The van der Waals surface area contributed by atoms with Gasteiger partial charge in [-0.3, -0.25) is 4.79 Å². The average Bonchev–Trinajstić information content (AvgIpc) is 3.12. The van der Waals surface area contributed by atoms with E-state index in [-0.39, 0.29) is 24.6 Å². The summed E-state index contributed by atoms with van der Waals surface area (Å²) < 4.78 is 14.9. The number of nitrogens with one attached hydrogen (secondary N) is 1. The number of furan rings is 1. The van der Waals surface area contributed by atoms with Gasteiger partial charge in [0.25, 0.3) is 5.91 Å². The highest BCUT2D eigenvalue weighted by Gasteiger charge is 2.24. The molecule has 8 nitrogen and oxygen atoms in total. The highest BCUT2D eigenvalue weighted by Crippen LogP contribution is 2.11. The lowest BCUT2D eigenvalue weighted by molar-refractivity contribution is -0.144. The Balaban J connectivity index is 1.64. The Labute approximate surface area is 145 Å². The minimum Gasteiger partial charge on any atom is -0.465 e. The average molecular weight is 350 g/mol. The maximum Gasteiger partial charge on any atom is 0.409 e. The summed E-state index contributed by atoms with van der Waals surface area (Å²) in [6.45, 7) is 2.80. The van der Waals surface area contributed by atoms with E-state index in [1.165, 1.54) is 18.4 Å². The summed E-state index contributed by atoms with van der Waals surface area (Å²) in [6.07, 6.45) is 5.10. The van der Waals surface area contributed by atoms with E-state index in [0.717, 1.165) is 0 Å². The Morgan fingerprint density at radius 1 is 1.32 bits per heavy atom. The molecule has 0 aliphatic carbocycles. The lowest BCUT2D eigenvalue weighted by atomic mass is 10.1. The SMILES string of the molecule is CCOC(=O)N1CCC(NC(=O)COC(=O)/C=C/c2ccco2)CC1. The van der Waals surface area contributed by atoms with Gasteiger partial charge in [-0.2, -0.15) is 0 Å². The predicted octanol–water partition coefficient (Wildman–Crippen LogP) is 1.57. The van der Waals surface area contributed by atoms with Gasteiger partial charge < -0.3 is 24.1 Å². The lowest BCUT2D eigenvalue weighted by Crippen LogP contribution is -2.47. The van der Waals surface area contributed by atoms with E-state index in [0.29, 0.717) is 38.3 Å². The molecule has 0 spiro atoms. The summed E-state index contributed by atoms with van der Waals surface area (Å²) in [5, 5.41) is 2.80. The van der Waals surface area contributed by atoms with E-state index in [4.69, 9.17) is 13.9 Å². The minimum absolute atomic E-state index is 0.0458. The topological polar surface area (TPSA) is 98.1 Å². The molecule has 1 saturated heterocycles. The van der Waals surface area contributed by atoms with Crippen LogP contribution in [-0.4, -0.2) is 55.2 Å². The number of rotatable bonds is 6. The molecule has 136 valence electrons. The molecule has 2 rings (SSSR count). The molecular weight excluding hydrogens is 328 g/mol. The molecule has 0 atom stereocenters. The van der Waals surface area contributed by atoms with Gasteiger partial charge in [0.05, 0.1) is 12.9 Å². The number of ether oxygens (including phenoxy) is 2. The maximum absolute atomic E-state index is 11.8. The van der Waals surface area contributed by atoms with E-state index in [1.54, 1.807) is 24.0 Å². The standard InChI is InChI=1S/C17H22N2O6/c1-2-23-17(22)19-9-7-13(8-10-19)18-15(20)12-25-16(21)6-5-14-4-3-11-24-14/h3-6,11,13H,2,7-10,12H2,1H3,(H,18,20)/b6-5+. The Kier molecular flexibility index (Phi) is 7.06. The molecule has 1 aromatic rings. The molecule has 0 radical (unpaired) electrons. The van der Waals surface area contributed by atoms with Crippen molar-refractivity contribution in [2.45, 2.75) is 25.8 Å². The van der Waals surface area contributed by atoms with Gasteiger partial charge in [0.2, 0.25) is 0 Å². The van der Waals surface area contributed by atoms with E-state index >= 15 is 0 Å². The highest BCUT2D eigenvalue weighted by molar-refractivity contribution is 5.88. The van der Waals surface area contributed by atoms with Crippen molar-refractivity contribution in [2.24, 2.45) is 0 Å². The molecule has 0 unspecified atom stereocenters. The van der Waals surface area contributed by atoms with Crippen molar-refractivity contribution >= 4 is 24.0 Å². The first-order chi connectivity index (χ1) is 12.1. The molecule has 2 heterocycles. The van der Waals surface area contributed by atoms with Crippen LogP contribution in [0.25, 0.3) is 6.08 Å². The Bertz CT molecular complexity index is 603. The number of carbonyl (C=O) groups excluding carboxylic acids is 3. The van der Waals surface area contributed by atoms with E-state index < -0.39 is 5.97 Å². The zero-order chi connectivity index (χ0) is 18.1. The fraction of sp³-hybridized carbons (Fsp3) is 0.471. The molecule has 1 N–H and O–H groups in total. The van der Waals surface area contributed by atoms with Gasteiger partial charge in [0, 0.05) is 25.2 Å². The third-order valence-corrected chi connectivity index (χ3v) is 3.66. The first-order valence-corrected chi connectivity index (χ1v) is 8.18. The van der Waals surface area contributed by atoms with Crippen LogP contribution in [0.1, 0.15) is 25.5 Å². The van der Waals surface area contributed by atoms with Gasteiger partial charge in [-0.25, -0.2) is 9.59 Å². The number of nitrogens with zero attached hydrogens (tertiary/aromatic N) is 1. The summed E-state index contributed by atoms with van der Waals surface area (Å²) in [4.78, 5) is 36.6. The molecule has 25 heavy (non-hydrogen) atoms. The highest BCUT2D eigenvalue weighted by atomic mass is 16.6. The van der Waals surface area contributed by atoms with Gasteiger partial charge in [-0.05, 0) is 38.0 Å². The Morgan fingerprint density at radius 2 is 2.08 bits per heavy atom. The Hall–Kier alpha value is -2.77. The molecule has 0 aromatic carbocycles. The maximum atomic E-state index is 11.8. The van der Waals surface area contributed by atoms with Gasteiger partial charge in [-0.15, -0.1) is 0 Å². The second kappa shape index (κ2) is 9.51. The van der Waals surface area contributed by atoms with Crippen LogP contribution < -0.4 is 5.32 Å². The molecule has 8 heteroatoms. The molecule has 1 aliphatic heterocycles. The van der Waals surface area contributed by atoms with Crippen molar-refractivity contribution in [2.75, 3.05) is 26.3 Å². The third-order valence-electron chi connectivity index (χ3n) is 3.66. The zero-order valence-corrected chi connectivity index (χ0v) is 14.1. The van der Waals surface area contributed by atoms with Crippen molar-refractivity contribution in [1.29, 1.82) is 0 Å². The van der Waals surface area contributed by atoms with Gasteiger partial charge in [0.15, 0.2) is 6.61 Å². The molecule has 0 saturated carbocycles. The van der Waals surface area contributed by atoms with Crippen LogP contribution in [-0.2, 0) is 19.1 Å². The molecule has 1 aromatic heterocycles. The van der Waals surface area contributed by atoms with Crippen LogP contribution in [0, 0.1) is 0 Å². The summed E-state index contributed by atoms with van der Waals surface area (Å²) in [6, 6.07) is 3.35. The Morgan fingerprint density at radius 3 is 2.72 bits per heavy atom. The summed E-state index contributed by atoms with van der Waals surface area (Å²) in [7, 11) is 0. The zero-order valence-electron chi connectivity index (χ0n) is 14.1. The minimum atomic E-state index is -0.622. The first-order valence-electron chi connectivity index (χ1n) is 8.18. The molecule has 0 bridgehead atoms. The van der Waals surface area contributed by atoms with Crippen molar-refractivity contribution in [3.63, 3.8) is 0 Å². The third kappa shape index (κ3) is 6.33. The van der Waals surface area contributed by atoms with Gasteiger partial charge in [0.1, 0.15) is 5.76 Å². The van der Waals surface area contributed by atoms with Crippen molar-refractivity contribution in [3.8, 4) is 0 Å². The molecule has 2 amide bonds. The van der Waals surface area contributed by atoms with Gasteiger partial charge >= 0.3 is 12.1 Å². The number of hydrogen-bond donors (Lipinski definition) is 1. The number of esters is 1. The van der Waals surface area contributed by atoms with Crippen LogP contribution in [0.3, 0.4) is 0 Å². The summed E-state index contributed by atoms with van der Waals surface area (Å²) in [5.74, 6) is -0.465. The molecule has 1 aliphatic rings. The van der Waals surface area contributed by atoms with Crippen molar-refractivity contribution in [1.82, 2.24) is 10.2 Å². The number of carbonyl (C=O) groups is 3. The fourth-order valence-corrected chi connectivity index (χ4v) is 2.41. The summed E-state index contributed by atoms with van der Waals surface area (Å²) >= 11 is 0. The first kappa shape index (κ1) is 18.6. The second-order valence-corrected chi connectivity index (χ2v) is 5.48. The number of hydrogen-bond acceptors (Lipinski definition) is 6. The van der Waals surface area contributed by atoms with Crippen molar-refractivity contribution < 1.29 is 28.3 Å². The largest absolute Gasteiger partial charge is 0.465 e. The second-order valence-electron chi connectivity index (χ2n) is 5.48. The predicted molar refractivity (Wildman–Crippen MR) is 88.5 cm³/mol. The molecule has 1 fully saturated rings. The van der Waals surface area contributed by atoms with E-state index in [2.05, 4.69) is 5.32 Å². The van der Waals surface area contributed by atoms with E-state index in [9.17, 15) is 14.4 Å². The lowest BCUT2D eigenvalue weighted by Gasteiger charge is -2.31. The van der Waals surface area contributed by atoms with Gasteiger partial charge in [-0.1, -0.05) is 0 Å². The number of amides is 2. The van der Waals surface area contributed by atoms with Crippen LogP contribution in [0.4, 0.5) is 4.79 Å². The summed E-state index contributed by atoms with van der Waals surface area (Å²) in [5.41, 5.74) is 0. The number of piperidine rings is 1. The quantitative estimate of drug-likeness (QED) is 0.618. The normalized spacial score (nSPS) is 15.2. The van der Waals surface area contributed by atoms with E-state index in [1.807, 2.05) is 0 Å². The van der Waals surface area contributed by atoms with Crippen LogP contribution >= 0.6 is 0 Å².